The fourth-order valence-electron chi connectivity index (χ4n) is 3.82. The first-order valence-electron chi connectivity index (χ1n) is 11.8. The number of carbonyl (C=O) groups is 2. The summed E-state index contributed by atoms with van der Waals surface area (Å²) in [5.41, 5.74) is -0.0361. The largest absolute Gasteiger partial charge is 0.476 e. The number of aliphatic carboxylic acids is 1. The van der Waals surface area contributed by atoms with Crippen molar-refractivity contribution < 1.29 is 24.3 Å². The lowest BCUT2D eigenvalue weighted by molar-refractivity contribution is -0.129. The van der Waals surface area contributed by atoms with Crippen LogP contribution in [-0.2, 0) is 20.0 Å². The van der Waals surface area contributed by atoms with Crippen molar-refractivity contribution in [2.75, 3.05) is 5.32 Å². The third-order valence-electron chi connectivity index (χ3n) is 5.37. The fraction of sp³-hybridized carbons (Fsp3) is 0.172. The molecule has 0 spiro atoms. The van der Waals surface area contributed by atoms with Gasteiger partial charge in [0.15, 0.2) is 5.13 Å². The monoisotopic (exact) mass is 529 g/mol. The molecular formula is C29H27N3O5S. The maximum Gasteiger partial charge on any atom is 0.413 e. The van der Waals surface area contributed by atoms with Crippen LogP contribution in [0.4, 0.5) is 9.93 Å². The van der Waals surface area contributed by atoms with Crippen LogP contribution in [0.25, 0.3) is 0 Å². The number of aromatic nitrogens is 1. The summed E-state index contributed by atoms with van der Waals surface area (Å²) in [5, 5.41) is 18.4. The summed E-state index contributed by atoms with van der Waals surface area (Å²) >= 11 is 1.05. The SMILES string of the molecule is CC(C)(C)OC(=O)Nc1nc(C(=NOC(c2ccccc2)(c2ccccc2)c2ccccc2)C(=O)O)cs1. The fourth-order valence-corrected chi connectivity index (χ4v) is 4.50. The molecule has 0 bridgehead atoms. The number of nitrogens with one attached hydrogen (secondary N) is 1. The van der Waals surface area contributed by atoms with Crippen molar-refractivity contribution in [2.24, 2.45) is 5.16 Å². The van der Waals surface area contributed by atoms with Crippen LogP contribution in [0, 0.1) is 0 Å². The second kappa shape index (κ2) is 11.3. The normalized spacial score (nSPS) is 12.0. The van der Waals surface area contributed by atoms with Crippen molar-refractivity contribution in [1.29, 1.82) is 0 Å². The van der Waals surface area contributed by atoms with E-state index in [-0.39, 0.29) is 10.8 Å². The number of amides is 1. The molecule has 4 rings (SSSR count). The Bertz CT molecular complexity index is 1320. The Kier molecular flexibility index (Phi) is 7.87. The van der Waals surface area contributed by atoms with Gasteiger partial charge < -0.3 is 14.7 Å². The molecule has 194 valence electrons. The van der Waals surface area contributed by atoms with E-state index in [4.69, 9.17) is 9.57 Å². The zero-order valence-electron chi connectivity index (χ0n) is 21.1. The summed E-state index contributed by atoms with van der Waals surface area (Å²) < 4.78 is 5.24. The van der Waals surface area contributed by atoms with E-state index < -0.39 is 29.0 Å². The van der Waals surface area contributed by atoms with Crippen molar-refractivity contribution in [3.63, 3.8) is 0 Å². The minimum Gasteiger partial charge on any atom is -0.476 e. The maximum atomic E-state index is 12.3. The molecule has 2 N–H and O–H groups in total. The van der Waals surface area contributed by atoms with Gasteiger partial charge >= 0.3 is 12.1 Å². The van der Waals surface area contributed by atoms with E-state index in [1.807, 2.05) is 91.0 Å². The molecule has 0 aliphatic heterocycles. The Hall–Kier alpha value is -4.50. The average molecular weight is 530 g/mol. The second-order valence-electron chi connectivity index (χ2n) is 9.28. The third kappa shape index (κ3) is 6.07. The topological polar surface area (TPSA) is 110 Å². The van der Waals surface area contributed by atoms with Crippen LogP contribution in [0.15, 0.2) is 102 Å². The maximum absolute atomic E-state index is 12.3. The smallest absolute Gasteiger partial charge is 0.413 e. The summed E-state index contributed by atoms with van der Waals surface area (Å²) in [6, 6.07) is 28.4. The molecular weight excluding hydrogens is 502 g/mol. The summed E-state index contributed by atoms with van der Waals surface area (Å²) in [4.78, 5) is 34.9. The van der Waals surface area contributed by atoms with Gasteiger partial charge in [-0.05, 0) is 20.8 Å². The Morgan fingerprint density at radius 1 is 0.842 bits per heavy atom. The number of benzene rings is 3. The average Bonchev–Trinajstić information content (AvgIpc) is 3.34. The predicted octanol–water partition coefficient (Wildman–Crippen LogP) is 6.29. The first kappa shape index (κ1) is 26.6. The van der Waals surface area contributed by atoms with E-state index >= 15 is 0 Å². The molecule has 4 aromatic rings. The molecule has 0 atom stereocenters. The highest BCUT2D eigenvalue weighted by molar-refractivity contribution is 7.14. The van der Waals surface area contributed by atoms with Crippen molar-refractivity contribution in [3.05, 3.63) is 119 Å². The van der Waals surface area contributed by atoms with E-state index in [0.717, 1.165) is 28.0 Å². The van der Waals surface area contributed by atoms with Crippen LogP contribution < -0.4 is 5.32 Å². The molecule has 8 nitrogen and oxygen atoms in total. The molecule has 0 radical (unpaired) electrons. The third-order valence-corrected chi connectivity index (χ3v) is 6.13. The lowest BCUT2D eigenvalue weighted by Crippen LogP contribution is -2.32. The number of hydrogen-bond donors (Lipinski definition) is 2. The number of hydrogen-bond acceptors (Lipinski definition) is 7. The highest BCUT2D eigenvalue weighted by atomic mass is 32.1. The molecule has 0 saturated carbocycles. The molecule has 0 fully saturated rings. The highest BCUT2D eigenvalue weighted by Gasteiger charge is 2.40. The van der Waals surface area contributed by atoms with Crippen molar-refractivity contribution in [2.45, 2.75) is 32.0 Å². The van der Waals surface area contributed by atoms with Gasteiger partial charge in [0.1, 0.15) is 11.3 Å². The zero-order chi connectivity index (χ0) is 27.2. The van der Waals surface area contributed by atoms with Crippen LogP contribution >= 0.6 is 11.3 Å². The van der Waals surface area contributed by atoms with Gasteiger partial charge in [-0.2, -0.15) is 0 Å². The Balaban J connectivity index is 1.77. The van der Waals surface area contributed by atoms with Gasteiger partial charge in [0.2, 0.25) is 11.3 Å². The molecule has 1 heterocycles. The van der Waals surface area contributed by atoms with Crippen LogP contribution in [0.5, 0.6) is 0 Å². The number of oxime groups is 1. The number of rotatable bonds is 8. The molecule has 0 aliphatic rings. The predicted molar refractivity (Wildman–Crippen MR) is 146 cm³/mol. The lowest BCUT2D eigenvalue weighted by Gasteiger charge is -2.33. The summed E-state index contributed by atoms with van der Waals surface area (Å²) in [6.45, 7) is 5.22. The van der Waals surface area contributed by atoms with Crippen LogP contribution in [0.3, 0.4) is 0 Å². The molecule has 1 amide bonds. The second-order valence-corrected chi connectivity index (χ2v) is 10.1. The number of carboxylic acid groups (broad SMARTS) is 1. The van der Waals surface area contributed by atoms with Gasteiger partial charge in [-0.1, -0.05) is 96.2 Å². The van der Waals surface area contributed by atoms with Gasteiger partial charge in [-0.3, -0.25) is 5.32 Å². The minimum atomic E-state index is -1.33. The molecule has 1 aromatic heterocycles. The molecule has 3 aromatic carbocycles. The van der Waals surface area contributed by atoms with Crippen LogP contribution in [0.1, 0.15) is 43.2 Å². The number of anilines is 1. The minimum absolute atomic E-state index is 0.0386. The standard InChI is InChI=1S/C29H27N3O5S/c1-28(2,3)36-27(35)31-26-30-23(19-38-26)24(25(33)34)32-37-29(20-13-7-4-8-14-20,21-15-9-5-10-16-21)22-17-11-6-12-18-22/h4-19H,1-3H3,(H,33,34)(H,30,31,35). The highest BCUT2D eigenvalue weighted by Crippen LogP contribution is 2.40. The molecule has 38 heavy (non-hydrogen) atoms. The summed E-state index contributed by atoms with van der Waals surface area (Å²) in [5.74, 6) is -1.33. The van der Waals surface area contributed by atoms with Crippen LogP contribution in [-0.4, -0.2) is 33.5 Å². The van der Waals surface area contributed by atoms with Gasteiger partial charge in [-0.15, -0.1) is 11.3 Å². The molecule has 0 saturated heterocycles. The Morgan fingerprint density at radius 3 is 1.74 bits per heavy atom. The number of ether oxygens (including phenoxy) is 1. The van der Waals surface area contributed by atoms with Crippen LogP contribution in [0.2, 0.25) is 0 Å². The number of thiazole rings is 1. The zero-order valence-corrected chi connectivity index (χ0v) is 21.9. The molecule has 9 heteroatoms. The first-order valence-corrected chi connectivity index (χ1v) is 12.7. The lowest BCUT2D eigenvalue weighted by atomic mass is 9.80. The quantitative estimate of drug-likeness (QED) is 0.158. The van der Waals surface area contributed by atoms with Gasteiger partial charge in [-0.25, -0.2) is 14.6 Å². The first-order chi connectivity index (χ1) is 18.2. The van der Waals surface area contributed by atoms with Gasteiger partial charge in [0, 0.05) is 22.1 Å². The van der Waals surface area contributed by atoms with E-state index in [2.05, 4.69) is 15.5 Å². The van der Waals surface area contributed by atoms with E-state index in [0.29, 0.717) is 0 Å². The van der Waals surface area contributed by atoms with Crippen molar-refractivity contribution in [1.82, 2.24) is 4.98 Å². The Labute approximate surface area is 224 Å². The van der Waals surface area contributed by atoms with Gasteiger partial charge in [0.05, 0.1) is 0 Å². The summed E-state index contributed by atoms with van der Waals surface area (Å²) in [7, 11) is 0. The van der Waals surface area contributed by atoms with Crippen molar-refractivity contribution >= 4 is 34.2 Å². The Morgan fingerprint density at radius 2 is 1.32 bits per heavy atom. The van der Waals surface area contributed by atoms with E-state index in [1.54, 1.807) is 20.8 Å². The van der Waals surface area contributed by atoms with Gasteiger partial charge in [0.25, 0.3) is 0 Å². The molecule has 0 aliphatic carbocycles. The number of nitrogens with zero attached hydrogens (tertiary/aromatic N) is 2. The van der Waals surface area contributed by atoms with Crippen molar-refractivity contribution in [3.8, 4) is 0 Å². The number of carboxylic acids is 1. The van der Waals surface area contributed by atoms with E-state index in [9.17, 15) is 14.7 Å². The summed E-state index contributed by atoms with van der Waals surface area (Å²) in [6.07, 6.45) is -0.695. The van der Waals surface area contributed by atoms with E-state index in [1.165, 1.54) is 5.38 Å². The number of carbonyl (C=O) groups excluding carboxylic acids is 1. The molecule has 0 unspecified atom stereocenters.